The molecule has 0 radical (unpaired) electrons. The Bertz CT molecular complexity index is 607. The van der Waals surface area contributed by atoms with Gasteiger partial charge >= 0.3 is 0 Å². The summed E-state index contributed by atoms with van der Waals surface area (Å²) in [4.78, 5) is 11.2. The lowest BCUT2D eigenvalue weighted by Gasteiger charge is -2.15. The van der Waals surface area contributed by atoms with Crippen molar-refractivity contribution < 1.29 is 4.79 Å². The van der Waals surface area contributed by atoms with E-state index < -0.39 is 5.91 Å². The van der Waals surface area contributed by atoms with Gasteiger partial charge in [0.05, 0.1) is 0 Å². The second-order valence-corrected chi connectivity index (χ2v) is 5.08. The summed E-state index contributed by atoms with van der Waals surface area (Å²) in [6.45, 7) is 4.93. The Morgan fingerprint density at radius 3 is 2.65 bits per heavy atom. The summed E-state index contributed by atoms with van der Waals surface area (Å²) in [6, 6.07) is 16.1. The molecule has 0 heterocycles. The molecule has 20 heavy (non-hydrogen) atoms. The van der Waals surface area contributed by atoms with Crippen molar-refractivity contribution in [2.24, 2.45) is 5.73 Å². The molecule has 104 valence electrons. The van der Waals surface area contributed by atoms with E-state index in [1.54, 1.807) is 6.07 Å². The van der Waals surface area contributed by atoms with E-state index >= 15 is 0 Å². The summed E-state index contributed by atoms with van der Waals surface area (Å²) in [5.41, 5.74) is 9.41. The van der Waals surface area contributed by atoms with Crippen LogP contribution in [0.5, 0.6) is 0 Å². The Hall–Kier alpha value is -2.13. The zero-order valence-electron chi connectivity index (χ0n) is 11.9. The molecule has 0 saturated carbocycles. The first-order valence-corrected chi connectivity index (χ1v) is 6.75. The van der Waals surface area contributed by atoms with Crippen LogP contribution in [0.3, 0.4) is 0 Å². The van der Waals surface area contributed by atoms with Gasteiger partial charge in [0.25, 0.3) is 0 Å². The highest BCUT2D eigenvalue weighted by Gasteiger charge is 2.06. The van der Waals surface area contributed by atoms with Crippen LogP contribution in [-0.2, 0) is 6.54 Å². The van der Waals surface area contributed by atoms with E-state index in [0.717, 1.165) is 5.56 Å². The van der Waals surface area contributed by atoms with Crippen molar-refractivity contribution in [3.8, 4) is 0 Å². The van der Waals surface area contributed by atoms with E-state index in [1.165, 1.54) is 11.1 Å². The minimum atomic E-state index is -0.390. The minimum absolute atomic E-state index is 0.257. The lowest BCUT2D eigenvalue weighted by atomic mass is 10.1. The lowest BCUT2D eigenvalue weighted by Crippen LogP contribution is -2.18. The number of benzene rings is 2. The van der Waals surface area contributed by atoms with E-state index in [9.17, 15) is 4.79 Å². The van der Waals surface area contributed by atoms with Crippen LogP contribution < -0.4 is 11.1 Å². The minimum Gasteiger partial charge on any atom is -0.366 e. The van der Waals surface area contributed by atoms with Crippen LogP contribution in [0, 0.1) is 6.92 Å². The number of amides is 1. The normalized spacial score (nSPS) is 12.1. The third-order valence-electron chi connectivity index (χ3n) is 3.37. The smallest absolute Gasteiger partial charge is 0.248 e. The van der Waals surface area contributed by atoms with Crippen molar-refractivity contribution >= 4 is 5.91 Å². The fourth-order valence-corrected chi connectivity index (χ4v) is 2.16. The highest BCUT2D eigenvalue weighted by atomic mass is 16.1. The third-order valence-corrected chi connectivity index (χ3v) is 3.37. The highest BCUT2D eigenvalue weighted by molar-refractivity contribution is 5.92. The van der Waals surface area contributed by atoms with E-state index in [1.807, 2.05) is 18.2 Å². The molecule has 1 atom stereocenters. The third kappa shape index (κ3) is 3.68. The van der Waals surface area contributed by atoms with E-state index in [4.69, 9.17) is 5.73 Å². The quantitative estimate of drug-likeness (QED) is 0.876. The van der Waals surface area contributed by atoms with Crippen LogP contribution >= 0.6 is 0 Å². The zero-order chi connectivity index (χ0) is 14.5. The molecule has 3 nitrogen and oxygen atoms in total. The molecule has 2 rings (SSSR count). The topological polar surface area (TPSA) is 55.1 Å². The molecule has 0 spiro atoms. The van der Waals surface area contributed by atoms with Crippen molar-refractivity contribution in [3.63, 3.8) is 0 Å². The second kappa shape index (κ2) is 6.35. The lowest BCUT2D eigenvalue weighted by molar-refractivity contribution is 0.1000. The maximum absolute atomic E-state index is 11.2. The predicted molar refractivity (Wildman–Crippen MR) is 81.4 cm³/mol. The molecule has 0 aliphatic rings. The Kier molecular flexibility index (Phi) is 4.53. The molecule has 2 aromatic rings. The molecule has 0 saturated heterocycles. The van der Waals surface area contributed by atoms with Gasteiger partial charge in [-0.05, 0) is 37.1 Å². The van der Waals surface area contributed by atoms with Gasteiger partial charge in [0.2, 0.25) is 5.91 Å². The molecule has 0 aliphatic carbocycles. The van der Waals surface area contributed by atoms with Gasteiger partial charge in [0.15, 0.2) is 0 Å². The van der Waals surface area contributed by atoms with Crippen molar-refractivity contribution in [3.05, 3.63) is 70.8 Å². The summed E-state index contributed by atoms with van der Waals surface area (Å²) in [5, 5.41) is 3.46. The predicted octanol–water partition coefficient (Wildman–Crippen LogP) is 2.94. The van der Waals surface area contributed by atoms with Crippen molar-refractivity contribution in [2.75, 3.05) is 0 Å². The molecule has 0 aromatic heterocycles. The average molecular weight is 268 g/mol. The van der Waals surface area contributed by atoms with Crippen molar-refractivity contribution in [1.82, 2.24) is 5.32 Å². The fourth-order valence-electron chi connectivity index (χ4n) is 2.16. The molecule has 3 heteroatoms. The number of nitrogens with two attached hydrogens (primary N) is 1. The van der Waals surface area contributed by atoms with Gasteiger partial charge in [-0.15, -0.1) is 0 Å². The van der Waals surface area contributed by atoms with Crippen LogP contribution in [-0.4, -0.2) is 5.91 Å². The molecule has 0 unspecified atom stereocenters. The maximum atomic E-state index is 11.2. The van der Waals surface area contributed by atoms with Crippen LogP contribution in [0.2, 0.25) is 0 Å². The first-order chi connectivity index (χ1) is 9.56. The van der Waals surface area contributed by atoms with Crippen LogP contribution in [0.15, 0.2) is 48.5 Å². The SMILES string of the molecule is Cc1cccc([C@H](C)NCc2cccc(C(N)=O)c2)c1. The van der Waals surface area contributed by atoms with Gasteiger partial charge in [-0.1, -0.05) is 42.0 Å². The number of carbonyl (C=O) groups is 1. The molecule has 0 bridgehead atoms. The summed E-state index contributed by atoms with van der Waals surface area (Å²) < 4.78 is 0. The fraction of sp³-hybridized carbons (Fsp3) is 0.235. The highest BCUT2D eigenvalue weighted by Crippen LogP contribution is 2.15. The largest absolute Gasteiger partial charge is 0.366 e. The number of carbonyl (C=O) groups excluding carboxylic acids is 1. The van der Waals surface area contributed by atoms with Gasteiger partial charge in [-0.2, -0.15) is 0 Å². The summed E-state index contributed by atoms with van der Waals surface area (Å²) in [7, 11) is 0. The molecular formula is C17H20N2O. The zero-order valence-corrected chi connectivity index (χ0v) is 11.9. The maximum Gasteiger partial charge on any atom is 0.248 e. The molecule has 1 amide bonds. The Balaban J connectivity index is 2.01. The number of aryl methyl sites for hydroxylation is 1. The molecule has 2 aromatic carbocycles. The molecule has 0 fully saturated rings. The first kappa shape index (κ1) is 14.3. The monoisotopic (exact) mass is 268 g/mol. The van der Waals surface area contributed by atoms with Gasteiger partial charge in [-0.25, -0.2) is 0 Å². The number of primary amides is 1. The van der Waals surface area contributed by atoms with Crippen molar-refractivity contribution in [2.45, 2.75) is 26.4 Å². The van der Waals surface area contributed by atoms with Crippen LogP contribution in [0.1, 0.15) is 40.0 Å². The number of hydrogen-bond donors (Lipinski definition) is 2. The summed E-state index contributed by atoms with van der Waals surface area (Å²) in [5.74, 6) is -0.390. The molecular weight excluding hydrogens is 248 g/mol. The number of nitrogens with one attached hydrogen (secondary N) is 1. The van der Waals surface area contributed by atoms with E-state index in [-0.39, 0.29) is 6.04 Å². The van der Waals surface area contributed by atoms with E-state index in [2.05, 4.69) is 43.4 Å². The van der Waals surface area contributed by atoms with Gasteiger partial charge in [-0.3, -0.25) is 4.79 Å². The average Bonchev–Trinajstić information content (AvgIpc) is 2.45. The van der Waals surface area contributed by atoms with Crippen LogP contribution in [0.4, 0.5) is 0 Å². The number of rotatable bonds is 5. The number of hydrogen-bond acceptors (Lipinski definition) is 2. The van der Waals surface area contributed by atoms with Gasteiger partial charge < -0.3 is 11.1 Å². The summed E-state index contributed by atoms with van der Waals surface area (Å²) in [6.07, 6.45) is 0. The molecule has 0 aliphatic heterocycles. The van der Waals surface area contributed by atoms with Gasteiger partial charge in [0, 0.05) is 18.2 Å². The van der Waals surface area contributed by atoms with Gasteiger partial charge in [0.1, 0.15) is 0 Å². The van der Waals surface area contributed by atoms with E-state index in [0.29, 0.717) is 12.1 Å². The summed E-state index contributed by atoms with van der Waals surface area (Å²) >= 11 is 0. The van der Waals surface area contributed by atoms with Crippen LogP contribution in [0.25, 0.3) is 0 Å². The standard InChI is InChI=1S/C17H20N2O/c1-12-5-3-7-15(9-12)13(2)19-11-14-6-4-8-16(10-14)17(18)20/h3-10,13,19H,11H2,1-2H3,(H2,18,20)/t13-/m0/s1. The molecule has 3 N–H and O–H groups in total. The first-order valence-electron chi connectivity index (χ1n) is 6.75. The Labute approximate surface area is 119 Å². The Morgan fingerprint density at radius 1 is 1.20 bits per heavy atom. The van der Waals surface area contributed by atoms with Crippen molar-refractivity contribution in [1.29, 1.82) is 0 Å². The Morgan fingerprint density at radius 2 is 1.95 bits per heavy atom. The second-order valence-electron chi connectivity index (χ2n) is 5.08.